The lowest BCUT2D eigenvalue weighted by molar-refractivity contribution is 0.0990. The number of primary amides is 1. The molecule has 0 aliphatic rings. The summed E-state index contributed by atoms with van der Waals surface area (Å²) in [4.78, 5) is 17.5. The molecule has 0 saturated carbocycles. The van der Waals surface area contributed by atoms with Crippen LogP contribution in [-0.4, -0.2) is 29.0 Å². The maximum atomic E-state index is 10.3. The summed E-state index contributed by atoms with van der Waals surface area (Å²) in [7, 11) is 0. The highest BCUT2D eigenvalue weighted by Gasteiger charge is 1.98. The zero-order valence-corrected chi connectivity index (χ0v) is 8.53. The molecule has 1 rings (SSSR count). The summed E-state index contributed by atoms with van der Waals surface area (Å²) in [5.74, 6) is -0.548. The minimum Gasteiger partial charge on any atom is -0.363 e. The van der Waals surface area contributed by atoms with Crippen molar-refractivity contribution in [2.45, 2.75) is 13.8 Å². The summed E-state index contributed by atoms with van der Waals surface area (Å²) in [6, 6.07) is 1.62. The highest BCUT2D eigenvalue weighted by Crippen LogP contribution is 1.82. The van der Waals surface area contributed by atoms with Crippen LogP contribution in [0.2, 0.25) is 0 Å². The Balaban J connectivity index is 0.000000292. The summed E-state index contributed by atoms with van der Waals surface area (Å²) in [6.45, 7) is 6.39. The molecule has 0 aliphatic heterocycles. The van der Waals surface area contributed by atoms with Gasteiger partial charge in [-0.1, -0.05) is 13.8 Å². The molecule has 0 aromatic carbocycles. The van der Waals surface area contributed by atoms with Crippen LogP contribution in [0.1, 0.15) is 24.5 Å². The van der Waals surface area contributed by atoms with Gasteiger partial charge in [0.15, 0.2) is 0 Å². The molecular formula is C9H16N4O. The van der Waals surface area contributed by atoms with Gasteiger partial charge in [0.25, 0.3) is 5.91 Å². The van der Waals surface area contributed by atoms with Crippen LogP contribution in [0.25, 0.3) is 0 Å². The molecule has 0 unspecified atom stereocenters. The molecule has 14 heavy (non-hydrogen) atoms. The number of hydrogen-bond acceptors (Lipinski definition) is 4. The molecule has 1 aromatic rings. The first kappa shape index (κ1) is 12.5. The molecular weight excluding hydrogens is 180 g/mol. The van der Waals surface area contributed by atoms with Crippen LogP contribution in [-0.2, 0) is 0 Å². The van der Waals surface area contributed by atoms with Crippen molar-refractivity contribution in [1.82, 2.24) is 15.3 Å². The summed E-state index contributed by atoms with van der Waals surface area (Å²) in [5.41, 5.74) is 4.85. The number of nitrogens with one attached hydrogen (secondary N) is 1. The fourth-order valence-corrected chi connectivity index (χ4v) is 0.676. The average molecular weight is 196 g/mol. The van der Waals surface area contributed by atoms with Gasteiger partial charge in [-0.15, -0.1) is 0 Å². The van der Waals surface area contributed by atoms with Crippen molar-refractivity contribution in [2.24, 2.45) is 5.73 Å². The molecule has 1 amide bonds. The van der Waals surface area contributed by atoms with Gasteiger partial charge in [0.1, 0.15) is 0 Å². The zero-order chi connectivity index (χ0) is 10.8. The largest absolute Gasteiger partial charge is 0.363 e. The van der Waals surface area contributed by atoms with E-state index in [1.165, 1.54) is 12.4 Å². The Morgan fingerprint density at radius 3 is 2.07 bits per heavy atom. The van der Waals surface area contributed by atoms with E-state index in [1.54, 1.807) is 6.07 Å². The second-order valence-corrected chi connectivity index (χ2v) is 2.39. The van der Waals surface area contributed by atoms with E-state index in [-0.39, 0.29) is 5.82 Å². The predicted molar refractivity (Wildman–Crippen MR) is 54.8 cm³/mol. The van der Waals surface area contributed by atoms with Crippen LogP contribution >= 0.6 is 0 Å². The first-order chi connectivity index (χ1) is 6.72. The van der Waals surface area contributed by atoms with Gasteiger partial charge in [-0.25, -0.2) is 9.97 Å². The van der Waals surface area contributed by atoms with Gasteiger partial charge < -0.3 is 11.1 Å². The topological polar surface area (TPSA) is 80.9 Å². The van der Waals surface area contributed by atoms with Gasteiger partial charge in [0, 0.05) is 12.4 Å². The highest BCUT2D eigenvalue weighted by atomic mass is 16.1. The van der Waals surface area contributed by atoms with Crippen molar-refractivity contribution in [3.8, 4) is 0 Å². The van der Waals surface area contributed by atoms with E-state index in [1.807, 2.05) is 0 Å². The fourth-order valence-electron chi connectivity index (χ4n) is 0.676. The maximum Gasteiger partial charge on any atom is 0.286 e. The van der Waals surface area contributed by atoms with E-state index >= 15 is 0 Å². The van der Waals surface area contributed by atoms with Gasteiger partial charge in [-0.2, -0.15) is 0 Å². The molecule has 0 spiro atoms. The van der Waals surface area contributed by atoms with Gasteiger partial charge in [0.2, 0.25) is 5.82 Å². The van der Waals surface area contributed by atoms with Crippen LogP contribution in [0, 0.1) is 0 Å². The lowest BCUT2D eigenvalue weighted by atomic mass is 10.5. The Kier molecular flexibility index (Phi) is 7.26. The maximum absolute atomic E-state index is 10.3. The SMILES string of the molecule is CCNCC.NC(=O)c1ncccn1. The van der Waals surface area contributed by atoms with E-state index in [9.17, 15) is 4.79 Å². The fraction of sp³-hybridized carbons (Fsp3) is 0.444. The Labute approximate surface area is 83.8 Å². The van der Waals surface area contributed by atoms with Crippen LogP contribution in [0.3, 0.4) is 0 Å². The third-order valence-corrected chi connectivity index (χ3v) is 1.29. The van der Waals surface area contributed by atoms with E-state index < -0.39 is 5.91 Å². The molecule has 78 valence electrons. The number of hydrogen-bond donors (Lipinski definition) is 2. The van der Waals surface area contributed by atoms with Gasteiger partial charge >= 0.3 is 0 Å². The van der Waals surface area contributed by atoms with Crippen LogP contribution in [0.4, 0.5) is 0 Å². The van der Waals surface area contributed by atoms with Crippen molar-refractivity contribution in [3.63, 3.8) is 0 Å². The van der Waals surface area contributed by atoms with Crippen molar-refractivity contribution in [2.75, 3.05) is 13.1 Å². The number of aromatic nitrogens is 2. The van der Waals surface area contributed by atoms with Crippen LogP contribution in [0.5, 0.6) is 0 Å². The Morgan fingerprint density at radius 2 is 1.86 bits per heavy atom. The summed E-state index contributed by atoms with van der Waals surface area (Å²) >= 11 is 0. The number of carbonyl (C=O) groups excluding carboxylic acids is 1. The normalized spacial score (nSPS) is 8.71. The quantitative estimate of drug-likeness (QED) is 0.723. The van der Waals surface area contributed by atoms with Gasteiger partial charge in [-0.3, -0.25) is 4.79 Å². The molecule has 0 fully saturated rings. The molecule has 5 nitrogen and oxygen atoms in total. The van der Waals surface area contributed by atoms with Gasteiger partial charge in [-0.05, 0) is 19.2 Å². The van der Waals surface area contributed by atoms with E-state index in [2.05, 4.69) is 29.1 Å². The van der Waals surface area contributed by atoms with E-state index in [4.69, 9.17) is 5.73 Å². The van der Waals surface area contributed by atoms with Gasteiger partial charge in [0.05, 0.1) is 0 Å². The molecule has 0 atom stereocenters. The zero-order valence-electron chi connectivity index (χ0n) is 8.53. The minimum absolute atomic E-state index is 0.0532. The molecule has 0 aliphatic carbocycles. The number of rotatable bonds is 3. The van der Waals surface area contributed by atoms with E-state index in [0.29, 0.717) is 0 Å². The van der Waals surface area contributed by atoms with Crippen molar-refractivity contribution in [3.05, 3.63) is 24.3 Å². The van der Waals surface area contributed by atoms with Crippen LogP contribution in [0.15, 0.2) is 18.5 Å². The smallest absolute Gasteiger partial charge is 0.286 e. The number of carbonyl (C=O) groups is 1. The summed E-state index contributed by atoms with van der Waals surface area (Å²) < 4.78 is 0. The van der Waals surface area contributed by atoms with Crippen molar-refractivity contribution < 1.29 is 4.79 Å². The first-order valence-corrected chi connectivity index (χ1v) is 4.49. The summed E-state index contributed by atoms with van der Waals surface area (Å²) in [5, 5.41) is 3.11. The van der Waals surface area contributed by atoms with Crippen molar-refractivity contribution >= 4 is 5.91 Å². The Bertz CT molecular complexity index is 248. The third-order valence-electron chi connectivity index (χ3n) is 1.29. The monoisotopic (exact) mass is 196 g/mol. The lowest BCUT2D eigenvalue weighted by Gasteiger charge is -1.87. The van der Waals surface area contributed by atoms with E-state index in [0.717, 1.165) is 13.1 Å². The Hall–Kier alpha value is -1.49. The minimum atomic E-state index is -0.601. The molecule has 5 heteroatoms. The van der Waals surface area contributed by atoms with Crippen LogP contribution < -0.4 is 11.1 Å². The standard InChI is InChI=1S/C5H5N3O.C4H11N/c6-4(9)5-7-2-1-3-8-5;1-3-5-4-2/h1-3H,(H2,6,9);5H,3-4H2,1-2H3. The molecule has 1 heterocycles. The second-order valence-electron chi connectivity index (χ2n) is 2.39. The molecule has 0 radical (unpaired) electrons. The Morgan fingerprint density at radius 1 is 1.36 bits per heavy atom. The number of nitrogens with two attached hydrogens (primary N) is 1. The highest BCUT2D eigenvalue weighted by molar-refractivity contribution is 5.88. The average Bonchev–Trinajstić information content (AvgIpc) is 2.21. The first-order valence-electron chi connectivity index (χ1n) is 4.49. The molecule has 3 N–H and O–H groups in total. The molecule has 0 bridgehead atoms. The second kappa shape index (κ2) is 8.12. The molecule has 0 saturated heterocycles. The lowest BCUT2D eigenvalue weighted by Crippen LogP contribution is -2.14. The molecule has 1 aromatic heterocycles. The van der Waals surface area contributed by atoms with Crippen molar-refractivity contribution in [1.29, 1.82) is 0 Å². The summed E-state index contributed by atoms with van der Waals surface area (Å²) in [6.07, 6.45) is 2.93. The predicted octanol–water partition coefficient (Wildman–Crippen LogP) is 0.191. The number of nitrogens with zero attached hydrogens (tertiary/aromatic N) is 2. The number of amides is 1. The third kappa shape index (κ3) is 6.07.